The molecule has 5 heteroatoms. The molecule has 0 aliphatic carbocycles. The van der Waals surface area contributed by atoms with Crippen LogP contribution in [0.1, 0.15) is 24.6 Å². The maximum Gasteiger partial charge on any atom is 0.152 e. The number of carbonyl (C=O) groups is 1. The minimum atomic E-state index is -0.292. The third kappa shape index (κ3) is 2.69. The van der Waals surface area contributed by atoms with Crippen LogP contribution in [0.4, 0.5) is 0 Å². The Morgan fingerprint density at radius 1 is 1.16 bits per heavy atom. The number of nitrogens with zero attached hydrogens (tertiary/aromatic N) is 1. The highest BCUT2D eigenvalue weighted by atomic mass is 16.1. The van der Waals surface area contributed by atoms with Crippen LogP contribution < -0.4 is 16.1 Å². The van der Waals surface area contributed by atoms with Crippen molar-refractivity contribution in [2.24, 2.45) is 0 Å². The highest BCUT2D eigenvalue weighted by molar-refractivity contribution is 5.57. The SMILES string of the molecule is O=CC1NC(c2ccccc2)N(C2CCNCC2)N1. The second-order valence-electron chi connectivity index (χ2n) is 5.11. The lowest BCUT2D eigenvalue weighted by molar-refractivity contribution is -0.110. The maximum atomic E-state index is 11.0. The molecule has 2 heterocycles. The van der Waals surface area contributed by atoms with Crippen molar-refractivity contribution < 1.29 is 4.79 Å². The van der Waals surface area contributed by atoms with Gasteiger partial charge < -0.3 is 10.1 Å². The summed E-state index contributed by atoms with van der Waals surface area (Å²) in [7, 11) is 0. The van der Waals surface area contributed by atoms with Gasteiger partial charge in [-0.2, -0.15) is 0 Å². The lowest BCUT2D eigenvalue weighted by Crippen LogP contribution is -2.48. The fourth-order valence-electron chi connectivity index (χ4n) is 2.89. The van der Waals surface area contributed by atoms with Gasteiger partial charge in [-0.25, -0.2) is 10.4 Å². The Hall–Kier alpha value is -1.27. The number of piperidine rings is 1. The van der Waals surface area contributed by atoms with E-state index in [9.17, 15) is 4.79 Å². The van der Waals surface area contributed by atoms with Gasteiger partial charge >= 0.3 is 0 Å². The predicted octanol–water partition coefficient (Wildman–Crippen LogP) is 0.372. The first-order chi connectivity index (χ1) is 9.38. The average molecular weight is 260 g/mol. The van der Waals surface area contributed by atoms with Gasteiger partial charge in [-0.3, -0.25) is 5.32 Å². The molecule has 0 bridgehead atoms. The third-order valence-electron chi connectivity index (χ3n) is 3.86. The highest BCUT2D eigenvalue weighted by Gasteiger charge is 2.36. The summed E-state index contributed by atoms with van der Waals surface area (Å²) in [5, 5.41) is 8.92. The minimum Gasteiger partial charge on any atom is -0.317 e. The monoisotopic (exact) mass is 260 g/mol. The van der Waals surface area contributed by atoms with Gasteiger partial charge in [0, 0.05) is 6.04 Å². The van der Waals surface area contributed by atoms with Crippen LogP contribution in [0.2, 0.25) is 0 Å². The van der Waals surface area contributed by atoms with Crippen LogP contribution >= 0.6 is 0 Å². The van der Waals surface area contributed by atoms with E-state index in [0.29, 0.717) is 6.04 Å². The van der Waals surface area contributed by atoms with E-state index in [1.165, 1.54) is 5.56 Å². The van der Waals surface area contributed by atoms with Crippen LogP contribution in [-0.2, 0) is 4.79 Å². The first kappa shape index (κ1) is 12.7. The fraction of sp³-hybridized carbons (Fsp3) is 0.500. The molecular formula is C14H20N4O. The van der Waals surface area contributed by atoms with Crippen molar-refractivity contribution in [2.75, 3.05) is 13.1 Å². The van der Waals surface area contributed by atoms with Gasteiger partial charge in [0.15, 0.2) is 6.29 Å². The molecule has 2 atom stereocenters. The number of nitrogens with one attached hydrogen (secondary N) is 3. The molecule has 1 aromatic rings. The molecule has 3 N–H and O–H groups in total. The molecule has 2 fully saturated rings. The smallest absolute Gasteiger partial charge is 0.152 e. The van der Waals surface area contributed by atoms with Crippen LogP contribution in [0, 0.1) is 0 Å². The summed E-state index contributed by atoms with van der Waals surface area (Å²) in [5.74, 6) is 0. The van der Waals surface area contributed by atoms with E-state index in [2.05, 4.69) is 33.2 Å². The Bertz CT molecular complexity index is 419. The number of hydrogen-bond acceptors (Lipinski definition) is 5. The van der Waals surface area contributed by atoms with Gasteiger partial charge in [0.1, 0.15) is 12.3 Å². The second kappa shape index (κ2) is 5.79. The predicted molar refractivity (Wildman–Crippen MR) is 73.0 cm³/mol. The quantitative estimate of drug-likeness (QED) is 0.686. The van der Waals surface area contributed by atoms with Crippen molar-refractivity contribution in [1.82, 2.24) is 21.1 Å². The van der Waals surface area contributed by atoms with E-state index >= 15 is 0 Å². The summed E-state index contributed by atoms with van der Waals surface area (Å²) in [6.45, 7) is 2.08. The van der Waals surface area contributed by atoms with Gasteiger partial charge in [0.2, 0.25) is 0 Å². The Labute approximate surface area is 113 Å². The zero-order chi connectivity index (χ0) is 13.1. The van der Waals surface area contributed by atoms with Crippen molar-refractivity contribution in [3.63, 3.8) is 0 Å². The molecule has 2 aliphatic rings. The topological polar surface area (TPSA) is 56.4 Å². The third-order valence-corrected chi connectivity index (χ3v) is 3.86. The van der Waals surface area contributed by atoms with E-state index < -0.39 is 0 Å². The van der Waals surface area contributed by atoms with Crippen molar-refractivity contribution in [3.8, 4) is 0 Å². The normalized spacial score (nSPS) is 29.5. The summed E-state index contributed by atoms with van der Waals surface area (Å²) in [6.07, 6.45) is 2.91. The molecule has 0 amide bonds. The van der Waals surface area contributed by atoms with E-state index in [1.54, 1.807) is 0 Å². The summed E-state index contributed by atoms with van der Waals surface area (Å²) >= 11 is 0. The van der Waals surface area contributed by atoms with E-state index in [0.717, 1.165) is 32.2 Å². The number of benzene rings is 1. The Balaban J connectivity index is 1.80. The molecule has 2 saturated heterocycles. The number of hydrazine groups is 1. The average Bonchev–Trinajstić information content (AvgIpc) is 2.93. The first-order valence-electron chi connectivity index (χ1n) is 6.90. The molecule has 1 aromatic carbocycles. The van der Waals surface area contributed by atoms with Crippen molar-refractivity contribution >= 4 is 6.29 Å². The van der Waals surface area contributed by atoms with E-state index in [-0.39, 0.29) is 12.3 Å². The summed E-state index contributed by atoms with van der Waals surface area (Å²) in [4.78, 5) is 11.0. The molecule has 102 valence electrons. The highest BCUT2D eigenvalue weighted by Crippen LogP contribution is 2.26. The number of rotatable bonds is 3. The van der Waals surface area contributed by atoms with Crippen LogP contribution in [0.3, 0.4) is 0 Å². The minimum absolute atomic E-state index is 0.0690. The van der Waals surface area contributed by atoms with Crippen LogP contribution in [0.25, 0.3) is 0 Å². The second-order valence-corrected chi connectivity index (χ2v) is 5.11. The van der Waals surface area contributed by atoms with Crippen LogP contribution in [0.5, 0.6) is 0 Å². The summed E-state index contributed by atoms with van der Waals surface area (Å²) < 4.78 is 0. The molecule has 0 aromatic heterocycles. The summed E-state index contributed by atoms with van der Waals surface area (Å²) in [5.41, 5.74) is 4.48. The molecule has 2 unspecified atom stereocenters. The summed E-state index contributed by atoms with van der Waals surface area (Å²) in [6, 6.07) is 10.7. The molecule has 0 spiro atoms. The standard InChI is InChI=1S/C14H20N4O/c19-10-13-16-14(11-4-2-1-3-5-11)18(17-13)12-6-8-15-9-7-12/h1-5,10,12-17H,6-9H2. The van der Waals surface area contributed by atoms with Crippen LogP contribution in [-0.4, -0.2) is 36.6 Å². The number of aldehydes is 1. The maximum absolute atomic E-state index is 11.0. The van der Waals surface area contributed by atoms with Crippen LogP contribution in [0.15, 0.2) is 30.3 Å². The van der Waals surface area contributed by atoms with Gasteiger partial charge in [-0.05, 0) is 31.5 Å². The van der Waals surface area contributed by atoms with Crippen molar-refractivity contribution in [1.29, 1.82) is 0 Å². The van der Waals surface area contributed by atoms with Gasteiger partial charge in [0.25, 0.3) is 0 Å². The fourth-order valence-corrected chi connectivity index (χ4v) is 2.89. The van der Waals surface area contributed by atoms with Crippen molar-refractivity contribution in [3.05, 3.63) is 35.9 Å². The molecule has 3 rings (SSSR count). The van der Waals surface area contributed by atoms with Crippen molar-refractivity contribution in [2.45, 2.75) is 31.2 Å². The van der Waals surface area contributed by atoms with Gasteiger partial charge in [0.05, 0.1) is 0 Å². The zero-order valence-corrected chi connectivity index (χ0v) is 10.9. The molecule has 0 saturated carbocycles. The Kier molecular flexibility index (Phi) is 3.89. The Morgan fingerprint density at radius 3 is 2.58 bits per heavy atom. The van der Waals surface area contributed by atoms with E-state index in [1.807, 2.05) is 18.2 Å². The Morgan fingerprint density at radius 2 is 1.89 bits per heavy atom. The molecule has 19 heavy (non-hydrogen) atoms. The number of carbonyl (C=O) groups excluding carboxylic acids is 1. The molecule has 5 nitrogen and oxygen atoms in total. The number of hydrogen-bond donors (Lipinski definition) is 3. The molecule has 2 aliphatic heterocycles. The lowest BCUT2D eigenvalue weighted by atomic mass is 10.0. The van der Waals surface area contributed by atoms with Gasteiger partial charge in [-0.15, -0.1) is 0 Å². The van der Waals surface area contributed by atoms with Gasteiger partial charge in [-0.1, -0.05) is 30.3 Å². The molecule has 0 radical (unpaired) electrons. The zero-order valence-electron chi connectivity index (χ0n) is 10.9. The lowest BCUT2D eigenvalue weighted by Gasteiger charge is -2.34. The van der Waals surface area contributed by atoms with E-state index in [4.69, 9.17) is 0 Å². The largest absolute Gasteiger partial charge is 0.317 e. The first-order valence-corrected chi connectivity index (χ1v) is 6.90. The molecular weight excluding hydrogens is 240 g/mol.